The van der Waals surface area contributed by atoms with Crippen molar-refractivity contribution in [2.75, 3.05) is 13.6 Å². The van der Waals surface area contributed by atoms with E-state index >= 15 is 0 Å². The number of rotatable bonds is 11. The molecule has 0 aromatic carbocycles. The smallest absolute Gasteiger partial charge is 0.258 e. The lowest BCUT2D eigenvalue weighted by Gasteiger charge is -2.07. The van der Waals surface area contributed by atoms with Gasteiger partial charge in [-0.15, -0.1) is 0 Å². The molecule has 1 aromatic rings. The monoisotopic (exact) mass is 313 g/mol. The van der Waals surface area contributed by atoms with E-state index in [1.165, 1.54) is 25.7 Å². The van der Waals surface area contributed by atoms with Gasteiger partial charge in [-0.3, -0.25) is 0 Å². The molecule has 1 rings (SSSR count). The summed E-state index contributed by atoms with van der Waals surface area (Å²) in [5.41, 5.74) is 0.965. The molecule has 0 fully saturated rings. The highest BCUT2D eigenvalue weighted by atomic mass is 32.2. The molecule has 0 bridgehead atoms. The first-order valence-electron chi connectivity index (χ1n) is 7.69. The fourth-order valence-corrected chi connectivity index (χ4v) is 3.06. The zero-order valence-electron chi connectivity index (χ0n) is 13.1. The minimum absolute atomic E-state index is 0.0911. The summed E-state index contributed by atoms with van der Waals surface area (Å²) in [5, 5.41) is 3.09. The first kappa shape index (κ1) is 18.1. The Hall–Kier alpha value is -0.980. The lowest BCUT2D eigenvalue weighted by atomic mass is 10.1. The Bertz CT molecular complexity index is 486. The standard InChI is InChI=1S/C15H27N3O2S/c1-3-4-5-6-7-8-11-18-21(19,20)15-10-9-14(12-16-2)13-17-15/h9-10,13,16,18H,3-8,11-12H2,1-2H3. The van der Waals surface area contributed by atoms with Crippen LogP contribution >= 0.6 is 0 Å². The normalized spacial score (nSPS) is 11.7. The van der Waals surface area contributed by atoms with E-state index in [9.17, 15) is 8.42 Å². The fourth-order valence-electron chi connectivity index (χ4n) is 2.06. The maximum atomic E-state index is 12.0. The molecule has 2 N–H and O–H groups in total. The molecule has 0 unspecified atom stereocenters. The summed E-state index contributed by atoms with van der Waals surface area (Å²) in [5.74, 6) is 0. The Labute approximate surface area is 128 Å². The molecular formula is C15H27N3O2S. The summed E-state index contributed by atoms with van der Waals surface area (Å²) in [7, 11) is -1.63. The van der Waals surface area contributed by atoms with Crippen molar-refractivity contribution >= 4 is 10.0 Å². The highest BCUT2D eigenvalue weighted by Crippen LogP contribution is 2.08. The zero-order valence-corrected chi connectivity index (χ0v) is 13.9. The second-order valence-electron chi connectivity index (χ2n) is 5.20. The summed E-state index contributed by atoms with van der Waals surface area (Å²) in [6.07, 6.45) is 8.42. The maximum absolute atomic E-state index is 12.0. The van der Waals surface area contributed by atoms with Gasteiger partial charge >= 0.3 is 0 Å². The van der Waals surface area contributed by atoms with Gasteiger partial charge in [-0.1, -0.05) is 45.1 Å². The second-order valence-corrected chi connectivity index (χ2v) is 6.91. The first-order valence-corrected chi connectivity index (χ1v) is 9.17. The number of pyridine rings is 1. The third kappa shape index (κ3) is 7.02. The molecule has 1 aromatic heterocycles. The second kappa shape index (κ2) is 9.87. The quantitative estimate of drug-likeness (QED) is 0.616. The highest BCUT2D eigenvalue weighted by Gasteiger charge is 2.14. The summed E-state index contributed by atoms with van der Waals surface area (Å²) in [6.45, 7) is 3.34. The SMILES string of the molecule is CCCCCCCCNS(=O)(=O)c1ccc(CNC)cn1. The molecule has 6 heteroatoms. The molecular weight excluding hydrogens is 286 g/mol. The summed E-state index contributed by atoms with van der Waals surface area (Å²) in [6, 6.07) is 3.33. The molecule has 0 amide bonds. The number of sulfonamides is 1. The van der Waals surface area contributed by atoms with Gasteiger partial charge in [-0.2, -0.15) is 0 Å². The minimum Gasteiger partial charge on any atom is -0.316 e. The van der Waals surface area contributed by atoms with Crippen LogP contribution in [0.4, 0.5) is 0 Å². The highest BCUT2D eigenvalue weighted by molar-refractivity contribution is 7.89. The lowest BCUT2D eigenvalue weighted by molar-refractivity contribution is 0.564. The van der Waals surface area contributed by atoms with Crippen LogP contribution in [0.25, 0.3) is 0 Å². The molecule has 0 saturated heterocycles. The topological polar surface area (TPSA) is 71.1 Å². The third-order valence-electron chi connectivity index (χ3n) is 3.28. The van der Waals surface area contributed by atoms with Gasteiger partial charge in [0.05, 0.1) is 0 Å². The molecule has 0 aliphatic carbocycles. The van der Waals surface area contributed by atoms with Gasteiger partial charge in [0, 0.05) is 19.3 Å². The maximum Gasteiger partial charge on any atom is 0.258 e. The van der Waals surface area contributed by atoms with Crippen molar-refractivity contribution in [1.29, 1.82) is 0 Å². The van der Waals surface area contributed by atoms with Crippen LogP contribution in [-0.4, -0.2) is 27.0 Å². The number of nitrogens with one attached hydrogen (secondary N) is 2. The Morgan fingerprint density at radius 2 is 1.81 bits per heavy atom. The van der Waals surface area contributed by atoms with E-state index in [4.69, 9.17) is 0 Å². The van der Waals surface area contributed by atoms with Crippen LogP contribution in [-0.2, 0) is 16.6 Å². The Kier molecular flexibility index (Phi) is 8.49. The third-order valence-corrected chi connectivity index (χ3v) is 4.65. The van der Waals surface area contributed by atoms with E-state index in [2.05, 4.69) is 21.9 Å². The number of aromatic nitrogens is 1. The van der Waals surface area contributed by atoms with Gasteiger partial charge in [0.1, 0.15) is 0 Å². The van der Waals surface area contributed by atoms with Crippen molar-refractivity contribution in [3.63, 3.8) is 0 Å². The molecule has 1 heterocycles. The molecule has 120 valence electrons. The van der Waals surface area contributed by atoms with Crippen LogP contribution in [0.15, 0.2) is 23.4 Å². The summed E-state index contributed by atoms with van der Waals surface area (Å²) < 4.78 is 26.7. The van der Waals surface area contributed by atoms with Crippen molar-refractivity contribution < 1.29 is 8.42 Å². The average Bonchev–Trinajstić information content (AvgIpc) is 2.47. The predicted molar refractivity (Wildman–Crippen MR) is 85.6 cm³/mol. The van der Waals surface area contributed by atoms with Crippen LogP contribution in [0.2, 0.25) is 0 Å². The fraction of sp³-hybridized carbons (Fsp3) is 0.667. The van der Waals surface area contributed by atoms with Crippen LogP contribution in [0.5, 0.6) is 0 Å². The van der Waals surface area contributed by atoms with Gasteiger partial charge in [-0.05, 0) is 25.1 Å². The number of nitrogens with zero attached hydrogens (tertiary/aromatic N) is 1. The number of hydrogen-bond acceptors (Lipinski definition) is 4. The number of hydrogen-bond donors (Lipinski definition) is 2. The van der Waals surface area contributed by atoms with Gasteiger partial charge in [0.2, 0.25) is 0 Å². The molecule has 0 saturated carbocycles. The van der Waals surface area contributed by atoms with Crippen LogP contribution in [0.1, 0.15) is 51.0 Å². The largest absolute Gasteiger partial charge is 0.316 e. The number of unbranched alkanes of at least 4 members (excludes halogenated alkanes) is 5. The van der Waals surface area contributed by atoms with E-state index in [1.54, 1.807) is 18.3 Å². The van der Waals surface area contributed by atoms with Crippen LogP contribution < -0.4 is 10.0 Å². The minimum atomic E-state index is -3.47. The first-order chi connectivity index (χ1) is 10.1. The Morgan fingerprint density at radius 1 is 1.10 bits per heavy atom. The van der Waals surface area contributed by atoms with E-state index in [0.29, 0.717) is 13.1 Å². The summed E-state index contributed by atoms with van der Waals surface area (Å²) in [4.78, 5) is 4.02. The van der Waals surface area contributed by atoms with Crippen LogP contribution in [0, 0.1) is 0 Å². The molecule has 0 aliphatic heterocycles. The van der Waals surface area contributed by atoms with Gasteiger partial charge in [-0.25, -0.2) is 18.1 Å². The van der Waals surface area contributed by atoms with Gasteiger partial charge in [0.25, 0.3) is 10.0 Å². The zero-order chi connectivity index (χ0) is 15.6. The van der Waals surface area contributed by atoms with E-state index in [0.717, 1.165) is 18.4 Å². The van der Waals surface area contributed by atoms with E-state index in [-0.39, 0.29) is 5.03 Å². The Balaban J connectivity index is 2.35. The predicted octanol–water partition coefficient (Wildman–Crippen LogP) is 2.44. The molecule has 0 atom stereocenters. The van der Waals surface area contributed by atoms with Crippen LogP contribution in [0.3, 0.4) is 0 Å². The van der Waals surface area contributed by atoms with Crippen molar-refractivity contribution in [3.8, 4) is 0 Å². The summed E-state index contributed by atoms with van der Waals surface area (Å²) >= 11 is 0. The van der Waals surface area contributed by atoms with Crippen molar-refractivity contribution in [3.05, 3.63) is 23.9 Å². The van der Waals surface area contributed by atoms with Crippen molar-refractivity contribution in [2.24, 2.45) is 0 Å². The average molecular weight is 313 g/mol. The van der Waals surface area contributed by atoms with E-state index in [1.807, 2.05) is 7.05 Å². The van der Waals surface area contributed by atoms with Gasteiger partial charge in [0.15, 0.2) is 5.03 Å². The molecule has 21 heavy (non-hydrogen) atoms. The lowest BCUT2D eigenvalue weighted by Crippen LogP contribution is -2.25. The van der Waals surface area contributed by atoms with Crippen molar-refractivity contribution in [1.82, 2.24) is 15.0 Å². The molecule has 5 nitrogen and oxygen atoms in total. The van der Waals surface area contributed by atoms with E-state index < -0.39 is 10.0 Å². The van der Waals surface area contributed by atoms with Crippen molar-refractivity contribution in [2.45, 2.75) is 57.0 Å². The molecule has 0 aliphatic rings. The molecule has 0 radical (unpaired) electrons. The molecule has 0 spiro atoms. The Morgan fingerprint density at radius 3 is 2.43 bits per heavy atom. The van der Waals surface area contributed by atoms with Gasteiger partial charge < -0.3 is 5.32 Å².